The molecule has 5 nitrogen and oxygen atoms in total. The lowest BCUT2D eigenvalue weighted by Gasteiger charge is -2.24. The van der Waals surface area contributed by atoms with Crippen molar-refractivity contribution >= 4 is 35.1 Å². The van der Waals surface area contributed by atoms with Crippen molar-refractivity contribution in [2.45, 2.75) is 6.04 Å². The van der Waals surface area contributed by atoms with Crippen LogP contribution in [0.25, 0.3) is 0 Å². The number of hydrogen-bond donors (Lipinski definition) is 2. The molecule has 2 N–H and O–H groups in total. The number of nitrogens with zero attached hydrogens (tertiary/aromatic N) is 1. The molecule has 0 radical (unpaired) electrons. The van der Waals surface area contributed by atoms with Gasteiger partial charge in [0.25, 0.3) is 0 Å². The zero-order chi connectivity index (χ0) is 14.0. The number of halogens is 2. The van der Waals surface area contributed by atoms with Gasteiger partial charge in [-0.25, -0.2) is 4.79 Å². The molecule has 0 aliphatic carbocycles. The second-order valence-corrected chi connectivity index (χ2v) is 4.88. The van der Waals surface area contributed by atoms with Crippen molar-refractivity contribution in [2.75, 3.05) is 20.3 Å². The van der Waals surface area contributed by atoms with Crippen LogP contribution >= 0.6 is 23.2 Å². The predicted molar refractivity (Wildman–Crippen MR) is 74.0 cm³/mol. The minimum Gasteiger partial charge on any atom is -0.383 e. The van der Waals surface area contributed by atoms with E-state index >= 15 is 0 Å². The second kappa shape index (κ2) is 5.77. The molecule has 1 aliphatic heterocycles. The molecule has 1 heterocycles. The van der Waals surface area contributed by atoms with E-state index in [-0.39, 0.29) is 11.9 Å². The first kappa shape index (κ1) is 14.1. The molecule has 0 saturated carbocycles. The van der Waals surface area contributed by atoms with Gasteiger partial charge in [0.2, 0.25) is 0 Å². The fraction of sp³-hybridized carbons (Fsp3) is 0.333. The number of carbonyl (C=O) groups is 1. The summed E-state index contributed by atoms with van der Waals surface area (Å²) in [4.78, 5) is 13.3. The van der Waals surface area contributed by atoms with Gasteiger partial charge in [-0.15, -0.1) is 0 Å². The van der Waals surface area contributed by atoms with Crippen molar-refractivity contribution in [3.63, 3.8) is 0 Å². The summed E-state index contributed by atoms with van der Waals surface area (Å²) < 4.78 is 4.97. The Morgan fingerprint density at radius 2 is 2.05 bits per heavy atom. The molecule has 0 aromatic heterocycles. The first-order chi connectivity index (χ1) is 9.06. The van der Waals surface area contributed by atoms with E-state index < -0.39 is 6.04 Å². The van der Waals surface area contributed by atoms with E-state index in [0.29, 0.717) is 28.8 Å². The van der Waals surface area contributed by atoms with Gasteiger partial charge in [-0.3, -0.25) is 10.7 Å². The molecular weight excluding hydrogens is 289 g/mol. The average molecular weight is 302 g/mol. The summed E-state index contributed by atoms with van der Waals surface area (Å²) in [6.45, 7) is 0.732. The number of ether oxygens (including phenoxy) is 1. The summed E-state index contributed by atoms with van der Waals surface area (Å²) in [5.74, 6) is 0.0658. The van der Waals surface area contributed by atoms with Crippen molar-refractivity contribution in [1.82, 2.24) is 10.2 Å². The third kappa shape index (κ3) is 2.68. The number of carbonyl (C=O) groups excluding carboxylic acids is 1. The van der Waals surface area contributed by atoms with E-state index in [1.807, 2.05) is 0 Å². The van der Waals surface area contributed by atoms with Crippen LogP contribution in [0.4, 0.5) is 4.79 Å². The van der Waals surface area contributed by atoms with Crippen LogP contribution < -0.4 is 5.32 Å². The Morgan fingerprint density at radius 1 is 1.42 bits per heavy atom. The maximum atomic E-state index is 11.8. The van der Waals surface area contributed by atoms with Crippen LogP contribution in [0, 0.1) is 5.41 Å². The quantitative estimate of drug-likeness (QED) is 0.898. The lowest BCUT2D eigenvalue weighted by Crippen LogP contribution is -2.33. The van der Waals surface area contributed by atoms with Gasteiger partial charge in [-0.1, -0.05) is 29.3 Å². The zero-order valence-corrected chi connectivity index (χ0v) is 11.8. The van der Waals surface area contributed by atoms with Gasteiger partial charge in [0.05, 0.1) is 6.61 Å². The molecule has 19 heavy (non-hydrogen) atoms. The number of rotatable bonds is 4. The summed E-state index contributed by atoms with van der Waals surface area (Å²) in [5, 5.41) is 11.2. The molecule has 1 unspecified atom stereocenters. The number of methoxy groups -OCH3 is 1. The second-order valence-electron chi connectivity index (χ2n) is 4.07. The Hall–Kier alpha value is -1.30. The SMILES string of the molecule is COCCN1C(=O)NC(=N)C1c1c(Cl)cccc1Cl. The Bertz CT molecular complexity index is 501. The smallest absolute Gasteiger partial charge is 0.323 e. The highest BCUT2D eigenvalue weighted by atomic mass is 35.5. The first-order valence-electron chi connectivity index (χ1n) is 5.65. The third-order valence-electron chi connectivity index (χ3n) is 2.90. The Morgan fingerprint density at radius 3 is 2.63 bits per heavy atom. The molecule has 2 rings (SSSR count). The molecule has 0 spiro atoms. The Labute approximate surface area is 120 Å². The standard InChI is InChI=1S/C12H13Cl2N3O2/c1-19-6-5-17-10(11(15)16-12(17)18)9-7(13)3-2-4-8(9)14/h2-4,10H,5-6H2,1H3,(H2,15,16,18). The van der Waals surface area contributed by atoms with E-state index in [1.54, 1.807) is 25.3 Å². The van der Waals surface area contributed by atoms with Crippen molar-refractivity contribution in [1.29, 1.82) is 5.41 Å². The number of amidine groups is 1. The number of urea groups is 1. The van der Waals surface area contributed by atoms with Gasteiger partial charge in [-0.05, 0) is 12.1 Å². The summed E-state index contributed by atoms with van der Waals surface area (Å²) in [7, 11) is 1.55. The summed E-state index contributed by atoms with van der Waals surface area (Å²) in [6, 6.07) is 4.16. The van der Waals surface area contributed by atoms with Crippen molar-refractivity contribution < 1.29 is 9.53 Å². The molecule has 7 heteroatoms. The van der Waals surface area contributed by atoms with Crippen molar-refractivity contribution in [3.8, 4) is 0 Å². The van der Waals surface area contributed by atoms with Crippen LogP contribution in [0.1, 0.15) is 11.6 Å². The van der Waals surface area contributed by atoms with Crippen LogP contribution in [0.3, 0.4) is 0 Å². The highest BCUT2D eigenvalue weighted by molar-refractivity contribution is 6.36. The number of amides is 2. The molecule has 0 bridgehead atoms. The Balaban J connectivity index is 2.39. The highest BCUT2D eigenvalue weighted by Crippen LogP contribution is 2.36. The van der Waals surface area contributed by atoms with E-state index in [9.17, 15) is 4.79 Å². The van der Waals surface area contributed by atoms with Crippen LogP contribution in [0.5, 0.6) is 0 Å². The summed E-state index contributed by atoms with van der Waals surface area (Å²) in [5.41, 5.74) is 0.560. The van der Waals surface area contributed by atoms with Gasteiger partial charge in [0, 0.05) is 29.3 Å². The van der Waals surface area contributed by atoms with Crippen LogP contribution in [-0.2, 0) is 4.74 Å². The molecule has 1 fully saturated rings. The molecule has 102 valence electrons. The summed E-state index contributed by atoms with van der Waals surface area (Å²) >= 11 is 12.3. The van der Waals surface area contributed by atoms with Crippen LogP contribution in [0.2, 0.25) is 10.0 Å². The summed E-state index contributed by atoms with van der Waals surface area (Å²) in [6.07, 6.45) is 0. The van der Waals surface area contributed by atoms with Crippen molar-refractivity contribution in [3.05, 3.63) is 33.8 Å². The van der Waals surface area contributed by atoms with Gasteiger partial charge in [0.15, 0.2) is 0 Å². The molecule has 1 aromatic carbocycles. The third-order valence-corrected chi connectivity index (χ3v) is 3.56. The molecule has 2 amide bonds. The topological polar surface area (TPSA) is 65.4 Å². The molecule has 1 saturated heterocycles. The lowest BCUT2D eigenvalue weighted by atomic mass is 10.1. The predicted octanol–water partition coefficient (Wildman–Crippen LogP) is 2.68. The van der Waals surface area contributed by atoms with E-state index in [4.69, 9.17) is 33.3 Å². The lowest BCUT2D eigenvalue weighted by molar-refractivity contribution is 0.151. The number of hydrogen-bond acceptors (Lipinski definition) is 3. The van der Waals surface area contributed by atoms with Gasteiger partial charge < -0.3 is 9.64 Å². The average Bonchev–Trinajstić information content (AvgIpc) is 2.62. The Kier molecular flexibility index (Phi) is 4.29. The van der Waals surface area contributed by atoms with Crippen molar-refractivity contribution in [2.24, 2.45) is 0 Å². The largest absolute Gasteiger partial charge is 0.383 e. The molecule has 1 aromatic rings. The van der Waals surface area contributed by atoms with Gasteiger partial charge in [0.1, 0.15) is 11.9 Å². The minimum atomic E-state index is -0.594. The van der Waals surface area contributed by atoms with E-state index in [0.717, 1.165) is 0 Å². The fourth-order valence-corrected chi connectivity index (χ4v) is 2.62. The van der Waals surface area contributed by atoms with Crippen LogP contribution in [0.15, 0.2) is 18.2 Å². The monoisotopic (exact) mass is 301 g/mol. The number of nitrogens with one attached hydrogen (secondary N) is 2. The van der Waals surface area contributed by atoms with Gasteiger partial charge in [-0.2, -0.15) is 0 Å². The number of benzene rings is 1. The highest BCUT2D eigenvalue weighted by Gasteiger charge is 2.38. The first-order valence-corrected chi connectivity index (χ1v) is 6.40. The van der Waals surface area contributed by atoms with Gasteiger partial charge >= 0.3 is 6.03 Å². The van der Waals surface area contributed by atoms with Crippen LogP contribution in [-0.4, -0.2) is 37.0 Å². The molecular formula is C12H13Cl2N3O2. The zero-order valence-electron chi connectivity index (χ0n) is 10.2. The molecule has 1 atom stereocenters. The van der Waals surface area contributed by atoms with E-state index in [1.165, 1.54) is 4.90 Å². The maximum Gasteiger partial charge on any atom is 0.323 e. The van der Waals surface area contributed by atoms with E-state index in [2.05, 4.69) is 5.32 Å². The minimum absolute atomic E-state index is 0.0658. The normalized spacial score (nSPS) is 18.9. The molecule has 1 aliphatic rings. The maximum absolute atomic E-state index is 11.8. The fourth-order valence-electron chi connectivity index (χ4n) is 2.02.